The highest BCUT2D eigenvalue weighted by Crippen LogP contribution is 2.26. The maximum absolute atomic E-state index is 10.6. The average Bonchev–Trinajstić information content (AvgIpc) is 3.13. The van der Waals surface area contributed by atoms with Crippen LogP contribution in [0.1, 0.15) is 12.8 Å². The maximum Gasteiger partial charge on any atom is 0.157 e. The fourth-order valence-corrected chi connectivity index (χ4v) is 2.95. The van der Waals surface area contributed by atoms with E-state index in [1.807, 2.05) is 36.5 Å². The minimum Gasteiger partial charge on any atom is -0.454 e. The van der Waals surface area contributed by atoms with Crippen molar-refractivity contribution in [1.82, 2.24) is 20.3 Å². The first-order valence-corrected chi connectivity index (χ1v) is 7.54. The second-order valence-corrected chi connectivity index (χ2v) is 5.92. The molecule has 0 saturated carbocycles. The van der Waals surface area contributed by atoms with Crippen LogP contribution in [-0.2, 0) is 6.54 Å². The Morgan fingerprint density at radius 1 is 1.27 bits per heavy atom. The van der Waals surface area contributed by atoms with Crippen LogP contribution in [0.25, 0.3) is 22.4 Å². The number of para-hydroxylation sites is 1. The summed E-state index contributed by atoms with van der Waals surface area (Å²) in [5.74, 6) is 0.699. The van der Waals surface area contributed by atoms with Crippen molar-refractivity contribution in [2.75, 3.05) is 13.1 Å². The van der Waals surface area contributed by atoms with Crippen LogP contribution < -0.4 is 5.32 Å². The van der Waals surface area contributed by atoms with Gasteiger partial charge in [-0.1, -0.05) is 23.4 Å². The van der Waals surface area contributed by atoms with Gasteiger partial charge in [0.05, 0.1) is 18.3 Å². The molecule has 6 heteroatoms. The highest BCUT2D eigenvalue weighted by molar-refractivity contribution is 5.81. The van der Waals surface area contributed by atoms with Crippen LogP contribution in [0.3, 0.4) is 0 Å². The molecular formula is C16H18N4O2. The van der Waals surface area contributed by atoms with Crippen molar-refractivity contribution in [2.45, 2.75) is 25.0 Å². The summed E-state index contributed by atoms with van der Waals surface area (Å²) < 4.78 is 7.50. The van der Waals surface area contributed by atoms with Crippen LogP contribution in [0.5, 0.6) is 0 Å². The number of hydrogen-bond donors (Lipinski definition) is 2. The number of hydrogen-bond acceptors (Lipinski definition) is 5. The fraction of sp³-hybridized carbons (Fsp3) is 0.375. The summed E-state index contributed by atoms with van der Waals surface area (Å²) >= 11 is 0. The van der Waals surface area contributed by atoms with Gasteiger partial charge in [0.15, 0.2) is 5.76 Å². The summed E-state index contributed by atoms with van der Waals surface area (Å²) in [4.78, 5) is 0. The number of aliphatic hydroxyl groups is 1. The standard InChI is InChI=1S/C16H18N4O2/c21-16(5-7-17-8-6-16)11-20-10-13(18-19-20)15-9-12-3-1-2-4-14(12)22-15/h1-4,9-10,17,21H,5-8,11H2. The molecule has 22 heavy (non-hydrogen) atoms. The van der Waals surface area contributed by atoms with E-state index in [4.69, 9.17) is 4.42 Å². The largest absolute Gasteiger partial charge is 0.454 e. The number of furan rings is 1. The van der Waals surface area contributed by atoms with E-state index in [-0.39, 0.29) is 0 Å². The van der Waals surface area contributed by atoms with Crippen LogP contribution in [0, 0.1) is 0 Å². The molecule has 1 saturated heterocycles. The van der Waals surface area contributed by atoms with E-state index in [1.165, 1.54) is 0 Å². The van der Waals surface area contributed by atoms with E-state index in [0.717, 1.165) is 36.9 Å². The first-order chi connectivity index (χ1) is 10.7. The molecule has 2 aromatic heterocycles. The first kappa shape index (κ1) is 13.5. The molecule has 1 fully saturated rings. The third-order valence-corrected chi connectivity index (χ3v) is 4.21. The molecule has 0 amide bonds. The minimum atomic E-state index is -0.704. The topological polar surface area (TPSA) is 76.1 Å². The molecule has 1 aromatic carbocycles. The molecule has 1 aliphatic rings. The summed E-state index contributed by atoms with van der Waals surface area (Å²) in [6.07, 6.45) is 3.29. The number of fused-ring (bicyclic) bond motifs is 1. The summed E-state index contributed by atoms with van der Waals surface area (Å²) in [7, 11) is 0. The van der Waals surface area contributed by atoms with Crippen molar-refractivity contribution in [3.05, 3.63) is 36.5 Å². The van der Waals surface area contributed by atoms with E-state index in [9.17, 15) is 5.11 Å². The lowest BCUT2D eigenvalue weighted by Crippen LogP contribution is -2.44. The van der Waals surface area contributed by atoms with Gasteiger partial charge >= 0.3 is 0 Å². The molecule has 0 atom stereocenters. The Kier molecular flexibility index (Phi) is 3.20. The smallest absolute Gasteiger partial charge is 0.157 e. The molecule has 3 heterocycles. The van der Waals surface area contributed by atoms with E-state index in [0.29, 0.717) is 18.0 Å². The molecule has 0 bridgehead atoms. The Morgan fingerprint density at radius 2 is 2.09 bits per heavy atom. The zero-order valence-electron chi connectivity index (χ0n) is 12.2. The van der Waals surface area contributed by atoms with E-state index < -0.39 is 5.60 Å². The molecule has 0 aliphatic carbocycles. The van der Waals surface area contributed by atoms with E-state index in [2.05, 4.69) is 15.6 Å². The summed E-state index contributed by atoms with van der Waals surface area (Å²) in [5.41, 5.74) is 0.821. The summed E-state index contributed by atoms with van der Waals surface area (Å²) in [6, 6.07) is 9.82. The van der Waals surface area contributed by atoms with Crippen molar-refractivity contribution >= 4 is 11.0 Å². The van der Waals surface area contributed by atoms with Gasteiger partial charge < -0.3 is 14.8 Å². The Hall–Kier alpha value is -2.18. The quantitative estimate of drug-likeness (QED) is 0.771. The van der Waals surface area contributed by atoms with Gasteiger partial charge in [-0.3, -0.25) is 0 Å². The third-order valence-electron chi connectivity index (χ3n) is 4.21. The van der Waals surface area contributed by atoms with Gasteiger partial charge in [0.25, 0.3) is 0 Å². The zero-order chi connectivity index (χ0) is 15.0. The number of benzene rings is 1. The number of nitrogens with one attached hydrogen (secondary N) is 1. The maximum atomic E-state index is 10.6. The molecule has 1 aliphatic heterocycles. The molecule has 0 unspecified atom stereocenters. The Labute approximate surface area is 127 Å². The van der Waals surface area contributed by atoms with Crippen LogP contribution in [0.4, 0.5) is 0 Å². The van der Waals surface area contributed by atoms with Crippen molar-refractivity contribution in [1.29, 1.82) is 0 Å². The van der Waals surface area contributed by atoms with Gasteiger partial charge in [-0.2, -0.15) is 0 Å². The monoisotopic (exact) mass is 298 g/mol. The number of rotatable bonds is 3. The second-order valence-electron chi connectivity index (χ2n) is 5.92. The molecule has 114 valence electrons. The second kappa shape index (κ2) is 5.23. The molecule has 0 spiro atoms. The normalized spacial score (nSPS) is 17.9. The molecule has 6 nitrogen and oxygen atoms in total. The molecule has 0 radical (unpaired) electrons. The fourth-order valence-electron chi connectivity index (χ4n) is 2.95. The van der Waals surface area contributed by atoms with E-state index in [1.54, 1.807) is 4.68 Å². The van der Waals surface area contributed by atoms with Crippen molar-refractivity contribution in [3.8, 4) is 11.5 Å². The Bertz CT molecular complexity index is 753. The summed E-state index contributed by atoms with van der Waals surface area (Å²) in [6.45, 7) is 2.13. The Balaban J connectivity index is 1.58. The zero-order valence-corrected chi connectivity index (χ0v) is 12.2. The van der Waals surface area contributed by atoms with Gasteiger partial charge in [-0.25, -0.2) is 4.68 Å². The highest BCUT2D eigenvalue weighted by Gasteiger charge is 2.30. The highest BCUT2D eigenvalue weighted by atomic mass is 16.3. The van der Waals surface area contributed by atoms with Crippen LogP contribution in [-0.4, -0.2) is 38.8 Å². The van der Waals surface area contributed by atoms with Crippen LogP contribution in [0.2, 0.25) is 0 Å². The average molecular weight is 298 g/mol. The molecule has 4 rings (SSSR count). The minimum absolute atomic E-state index is 0.460. The molecular weight excluding hydrogens is 280 g/mol. The Morgan fingerprint density at radius 3 is 2.91 bits per heavy atom. The van der Waals surface area contributed by atoms with Crippen molar-refractivity contribution in [3.63, 3.8) is 0 Å². The van der Waals surface area contributed by atoms with Gasteiger partial charge in [-0.15, -0.1) is 5.10 Å². The van der Waals surface area contributed by atoms with Crippen molar-refractivity contribution in [2.24, 2.45) is 0 Å². The number of nitrogens with zero attached hydrogens (tertiary/aromatic N) is 3. The lowest BCUT2D eigenvalue weighted by Gasteiger charge is -2.32. The van der Waals surface area contributed by atoms with Crippen molar-refractivity contribution < 1.29 is 9.52 Å². The van der Waals surface area contributed by atoms with Gasteiger partial charge in [0.2, 0.25) is 0 Å². The predicted octanol–water partition coefficient (Wildman–Crippen LogP) is 1.81. The summed E-state index contributed by atoms with van der Waals surface area (Å²) in [5, 5.41) is 23.2. The molecule has 3 aromatic rings. The number of aromatic nitrogens is 3. The third kappa shape index (κ3) is 2.51. The van der Waals surface area contributed by atoms with Gasteiger partial charge in [0.1, 0.15) is 11.3 Å². The molecule has 2 N–H and O–H groups in total. The predicted molar refractivity (Wildman–Crippen MR) is 82.3 cm³/mol. The number of piperidine rings is 1. The van der Waals surface area contributed by atoms with E-state index >= 15 is 0 Å². The SMILES string of the molecule is OC1(Cn2cc(-c3cc4ccccc4o3)nn2)CCNCC1. The first-order valence-electron chi connectivity index (χ1n) is 7.54. The van der Waals surface area contributed by atoms with Gasteiger partial charge in [-0.05, 0) is 38.1 Å². The van der Waals surface area contributed by atoms with Gasteiger partial charge in [0, 0.05) is 5.39 Å². The lowest BCUT2D eigenvalue weighted by molar-refractivity contribution is -0.00864. The van der Waals surface area contributed by atoms with Crippen LogP contribution in [0.15, 0.2) is 40.9 Å². The lowest BCUT2D eigenvalue weighted by atomic mass is 9.92. The van der Waals surface area contributed by atoms with Crippen LogP contribution >= 0.6 is 0 Å².